The first-order valence-corrected chi connectivity index (χ1v) is 8.80. The number of Topliss-reactive ketones (excluding diaryl/α,β-unsaturated/α-hetero) is 1. The summed E-state index contributed by atoms with van der Waals surface area (Å²) in [6, 6.07) is 1.89. The van der Waals surface area contributed by atoms with Crippen molar-refractivity contribution in [3.8, 4) is 0 Å². The number of esters is 1. The van der Waals surface area contributed by atoms with Crippen molar-refractivity contribution in [2.75, 3.05) is 18.6 Å². The molecule has 1 aliphatic rings. The van der Waals surface area contributed by atoms with Gasteiger partial charge in [-0.15, -0.1) is 11.3 Å². The first-order chi connectivity index (χ1) is 9.06. The number of methoxy groups -OCH3 is 1. The molecule has 19 heavy (non-hydrogen) atoms. The minimum Gasteiger partial charge on any atom is -0.469 e. The molecule has 0 spiro atoms. The third-order valence-corrected chi connectivity index (χ3v) is 6.38. The lowest BCUT2D eigenvalue weighted by atomic mass is 10.1. The van der Waals surface area contributed by atoms with E-state index < -0.39 is 0 Å². The summed E-state index contributed by atoms with van der Waals surface area (Å²) in [6.45, 7) is 0. The lowest BCUT2D eigenvalue weighted by Gasteiger charge is -2.12. The van der Waals surface area contributed by atoms with E-state index >= 15 is 0 Å². The highest BCUT2D eigenvalue weighted by atomic mass is 79.9. The summed E-state index contributed by atoms with van der Waals surface area (Å²) in [5, 5.41) is 1.90. The molecule has 3 nitrogen and oxygen atoms in total. The molecular weight excluding hydrogens is 348 g/mol. The van der Waals surface area contributed by atoms with Gasteiger partial charge in [-0.1, -0.05) is 0 Å². The Hall–Kier alpha value is -0.330. The van der Waals surface area contributed by atoms with Gasteiger partial charge in [0.25, 0.3) is 0 Å². The van der Waals surface area contributed by atoms with Crippen molar-refractivity contribution in [1.82, 2.24) is 0 Å². The highest BCUT2D eigenvalue weighted by Gasteiger charge is 2.44. The molecule has 1 saturated carbocycles. The van der Waals surface area contributed by atoms with E-state index in [0.29, 0.717) is 12.2 Å². The zero-order valence-electron chi connectivity index (χ0n) is 10.6. The molecule has 1 heterocycles. The van der Waals surface area contributed by atoms with Crippen LogP contribution < -0.4 is 0 Å². The second-order valence-corrected chi connectivity index (χ2v) is 7.52. The van der Waals surface area contributed by atoms with Gasteiger partial charge in [0.15, 0.2) is 5.78 Å². The highest BCUT2D eigenvalue weighted by molar-refractivity contribution is 9.10. The quantitative estimate of drug-likeness (QED) is 0.546. The van der Waals surface area contributed by atoms with Crippen LogP contribution in [0.4, 0.5) is 0 Å². The first-order valence-electron chi connectivity index (χ1n) is 5.97. The molecule has 1 fully saturated rings. The molecule has 0 atom stereocenters. The van der Waals surface area contributed by atoms with E-state index in [0.717, 1.165) is 27.9 Å². The number of hydrogen-bond donors (Lipinski definition) is 0. The topological polar surface area (TPSA) is 43.4 Å². The summed E-state index contributed by atoms with van der Waals surface area (Å²) in [6.07, 6.45) is 2.60. The molecular formula is C13H15BrO3S2. The molecule has 0 saturated heterocycles. The van der Waals surface area contributed by atoms with Crippen LogP contribution in [0.1, 0.15) is 28.9 Å². The van der Waals surface area contributed by atoms with Gasteiger partial charge in [-0.2, -0.15) is 11.8 Å². The van der Waals surface area contributed by atoms with Crippen LogP contribution in [0.25, 0.3) is 0 Å². The van der Waals surface area contributed by atoms with E-state index in [2.05, 4.69) is 15.9 Å². The van der Waals surface area contributed by atoms with E-state index in [1.54, 1.807) is 11.8 Å². The highest BCUT2D eigenvalue weighted by Crippen LogP contribution is 2.51. The molecule has 1 aromatic rings. The van der Waals surface area contributed by atoms with Crippen LogP contribution >= 0.6 is 39.0 Å². The monoisotopic (exact) mass is 362 g/mol. The fourth-order valence-electron chi connectivity index (χ4n) is 1.85. The van der Waals surface area contributed by atoms with Crippen molar-refractivity contribution in [2.45, 2.75) is 19.3 Å². The SMILES string of the molecule is COC(=O)CC1(CSCC(=O)c2sccc2Br)CC1. The Morgan fingerprint density at radius 3 is 2.79 bits per heavy atom. The predicted molar refractivity (Wildman–Crippen MR) is 82.0 cm³/mol. The van der Waals surface area contributed by atoms with E-state index in [4.69, 9.17) is 4.74 Å². The maximum absolute atomic E-state index is 12.0. The van der Waals surface area contributed by atoms with Gasteiger partial charge in [-0.25, -0.2) is 0 Å². The molecule has 1 aromatic heterocycles. The predicted octanol–water partition coefficient (Wildman–Crippen LogP) is 3.77. The van der Waals surface area contributed by atoms with Crippen molar-refractivity contribution in [2.24, 2.45) is 5.41 Å². The van der Waals surface area contributed by atoms with Crippen molar-refractivity contribution >= 4 is 50.8 Å². The molecule has 0 unspecified atom stereocenters. The van der Waals surface area contributed by atoms with Crippen LogP contribution in [0, 0.1) is 5.41 Å². The smallest absolute Gasteiger partial charge is 0.306 e. The van der Waals surface area contributed by atoms with E-state index in [1.807, 2.05) is 11.4 Å². The average molecular weight is 363 g/mol. The molecule has 0 N–H and O–H groups in total. The van der Waals surface area contributed by atoms with Crippen LogP contribution in [0.3, 0.4) is 0 Å². The maximum atomic E-state index is 12.0. The second kappa shape index (κ2) is 6.41. The van der Waals surface area contributed by atoms with Crippen molar-refractivity contribution < 1.29 is 14.3 Å². The number of rotatable bonds is 7. The van der Waals surface area contributed by atoms with Gasteiger partial charge in [0.05, 0.1) is 24.2 Å². The van der Waals surface area contributed by atoms with Crippen LogP contribution in [0.15, 0.2) is 15.9 Å². The summed E-state index contributed by atoms with van der Waals surface area (Å²) < 4.78 is 5.58. The lowest BCUT2D eigenvalue weighted by molar-refractivity contribution is -0.141. The van der Waals surface area contributed by atoms with E-state index in [-0.39, 0.29) is 17.2 Å². The lowest BCUT2D eigenvalue weighted by Crippen LogP contribution is -2.14. The molecule has 0 amide bonds. The van der Waals surface area contributed by atoms with E-state index in [1.165, 1.54) is 18.4 Å². The summed E-state index contributed by atoms with van der Waals surface area (Å²) in [5.41, 5.74) is 0.0880. The zero-order chi connectivity index (χ0) is 13.9. The maximum Gasteiger partial charge on any atom is 0.306 e. The number of ether oxygens (including phenoxy) is 1. The Morgan fingerprint density at radius 2 is 2.26 bits per heavy atom. The number of hydrogen-bond acceptors (Lipinski definition) is 5. The molecule has 0 aliphatic heterocycles. The molecule has 0 bridgehead atoms. The fourth-order valence-corrected chi connectivity index (χ4v) is 4.73. The standard InChI is InChI=1S/C13H15BrO3S2/c1-17-11(16)6-13(3-4-13)8-18-7-10(15)12-9(14)2-5-19-12/h2,5H,3-4,6-8H2,1H3. The normalized spacial score (nSPS) is 16.1. The number of carbonyl (C=O) groups excluding carboxylic acids is 2. The summed E-state index contributed by atoms with van der Waals surface area (Å²) >= 11 is 6.45. The number of carbonyl (C=O) groups is 2. The number of ketones is 1. The van der Waals surface area contributed by atoms with Crippen LogP contribution in [-0.2, 0) is 9.53 Å². The largest absolute Gasteiger partial charge is 0.469 e. The Kier molecular flexibility index (Phi) is 5.09. The van der Waals surface area contributed by atoms with Gasteiger partial charge in [0.1, 0.15) is 0 Å². The van der Waals surface area contributed by atoms with Gasteiger partial charge in [-0.3, -0.25) is 9.59 Å². The summed E-state index contributed by atoms with van der Waals surface area (Å²) in [5.74, 6) is 1.34. The zero-order valence-corrected chi connectivity index (χ0v) is 13.8. The second-order valence-electron chi connectivity index (χ2n) is 4.77. The van der Waals surface area contributed by atoms with Crippen LogP contribution in [0.5, 0.6) is 0 Å². The Bertz CT molecular complexity index is 480. The van der Waals surface area contributed by atoms with Crippen molar-refractivity contribution in [3.05, 3.63) is 20.8 Å². The number of thiophene rings is 1. The summed E-state index contributed by atoms with van der Waals surface area (Å²) in [7, 11) is 1.42. The molecule has 1 aliphatic carbocycles. The first kappa shape index (κ1) is 15.1. The minimum atomic E-state index is -0.148. The Morgan fingerprint density at radius 1 is 1.53 bits per heavy atom. The Labute approximate surface area is 129 Å². The molecule has 0 radical (unpaired) electrons. The van der Waals surface area contributed by atoms with Crippen LogP contribution in [-0.4, -0.2) is 30.4 Å². The van der Waals surface area contributed by atoms with Gasteiger partial charge in [0.2, 0.25) is 0 Å². The minimum absolute atomic E-state index is 0.0880. The van der Waals surface area contributed by atoms with Gasteiger partial charge in [-0.05, 0) is 51.4 Å². The van der Waals surface area contributed by atoms with E-state index in [9.17, 15) is 9.59 Å². The third kappa shape index (κ3) is 4.07. The van der Waals surface area contributed by atoms with Crippen molar-refractivity contribution in [3.63, 3.8) is 0 Å². The molecule has 0 aromatic carbocycles. The van der Waals surface area contributed by atoms with Gasteiger partial charge >= 0.3 is 5.97 Å². The average Bonchev–Trinajstić information content (AvgIpc) is 2.99. The van der Waals surface area contributed by atoms with Crippen molar-refractivity contribution in [1.29, 1.82) is 0 Å². The van der Waals surface area contributed by atoms with Gasteiger partial charge < -0.3 is 4.74 Å². The fraction of sp³-hybridized carbons (Fsp3) is 0.538. The Balaban J connectivity index is 1.77. The molecule has 2 rings (SSSR count). The summed E-state index contributed by atoms with van der Waals surface area (Å²) in [4.78, 5) is 24.1. The third-order valence-electron chi connectivity index (χ3n) is 3.22. The number of halogens is 1. The van der Waals surface area contributed by atoms with Crippen LogP contribution in [0.2, 0.25) is 0 Å². The van der Waals surface area contributed by atoms with Gasteiger partial charge in [0, 0.05) is 4.47 Å². The molecule has 104 valence electrons. The molecule has 6 heteroatoms. The number of thioether (sulfide) groups is 1.